The Balaban J connectivity index is 1.73. The van der Waals surface area contributed by atoms with Gasteiger partial charge in [0.1, 0.15) is 23.8 Å². The third-order valence-corrected chi connectivity index (χ3v) is 3.55. The van der Waals surface area contributed by atoms with Gasteiger partial charge < -0.3 is 9.82 Å². The van der Waals surface area contributed by atoms with Crippen LogP contribution in [0.4, 0.5) is 0 Å². The molecular formula is C19H19N3O. The number of hydrogen-bond donors (Lipinski definition) is 1. The van der Waals surface area contributed by atoms with Crippen LogP contribution in [-0.4, -0.2) is 15.7 Å². The summed E-state index contributed by atoms with van der Waals surface area (Å²) in [7, 11) is 0. The summed E-state index contributed by atoms with van der Waals surface area (Å²) in [5.41, 5.74) is 4.72. The van der Waals surface area contributed by atoms with Crippen molar-refractivity contribution < 1.29 is 4.84 Å². The smallest absolute Gasteiger partial charge is 0.142 e. The molecule has 1 aromatic heterocycles. The highest BCUT2D eigenvalue weighted by atomic mass is 16.6. The summed E-state index contributed by atoms with van der Waals surface area (Å²) >= 11 is 0. The van der Waals surface area contributed by atoms with Crippen LogP contribution in [0.2, 0.25) is 0 Å². The SMILES string of the molecule is CC(=NOCc1ccccc1)c1nc(-c2ccccc2)[nH]c1C. The second kappa shape index (κ2) is 6.92. The van der Waals surface area contributed by atoms with E-state index in [4.69, 9.17) is 4.84 Å². The molecule has 4 nitrogen and oxygen atoms in total. The molecule has 0 fully saturated rings. The fraction of sp³-hybridized carbons (Fsp3) is 0.158. The Morgan fingerprint density at radius 1 is 1.04 bits per heavy atom. The summed E-state index contributed by atoms with van der Waals surface area (Å²) < 4.78 is 0. The van der Waals surface area contributed by atoms with Crippen molar-refractivity contribution in [2.24, 2.45) is 5.16 Å². The van der Waals surface area contributed by atoms with Gasteiger partial charge in [-0.2, -0.15) is 0 Å². The highest BCUT2D eigenvalue weighted by molar-refractivity contribution is 5.98. The van der Waals surface area contributed by atoms with Crippen molar-refractivity contribution in [3.63, 3.8) is 0 Å². The summed E-state index contributed by atoms with van der Waals surface area (Å²) in [6.45, 7) is 4.35. The molecule has 116 valence electrons. The van der Waals surface area contributed by atoms with Crippen LogP contribution in [-0.2, 0) is 11.4 Å². The minimum Gasteiger partial charge on any atom is -0.391 e. The average molecular weight is 305 g/mol. The largest absolute Gasteiger partial charge is 0.391 e. The average Bonchev–Trinajstić information content (AvgIpc) is 2.98. The molecule has 3 rings (SSSR count). The standard InChI is InChI=1S/C19H19N3O/c1-14-18(21-19(20-14)17-11-7-4-8-12-17)15(2)22-23-13-16-9-5-3-6-10-16/h3-12H,13H2,1-2H3,(H,20,21). The van der Waals surface area contributed by atoms with Crippen LogP contribution in [0.15, 0.2) is 65.8 Å². The third-order valence-electron chi connectivity index (χ3n) is 3.55. The Hall–Kier alpha value is -2.88. The lowest BCUT2D eigenvalue weighted by molar-refractivity contribution is 0.130. The molecule has 3 aromatic rings. The summed E-state index contributed by atoms with van der Waals surface area (Å²) in [5.74, 6) is 0.843. The summed E-state index contributed by atoms with van der Waals surface area (Å²) in [5, 5.41) is 4.19. The molecule has 4 heteroatoms. The Bertz CT molecular complexity index is 792. The maximum Gasteiger partial charge on any atom is 0.142 e. The predicted octanol–water partition coefficient (Wildman–Crippen LogP) is 4.33. The van der Waals surface area contributed by atoms with E-state index in [9.17, 15) is 0 Å². The topological polar surface area (TPSA) is 50.3 Å². The van der Waals surface area contributed by atoms with Gasteiger partial charge in [0.15, 0.2) is 0 Å². The van der Waals surface area contributed by atoms with E-state index in [2.05, 4.69) is 15.1 Å². The van der Waals surface area contributed by atoms with Crippen LogP contribution in [0, 0.1) is 6.92 Å². The maximum atomic E-state index is 5.44. The van der Waals surface area contributed by atoms with Crippen molar-refractivity contribution in [2.45, 2.75) is 20.5 Å². The number of rotatable bonds is 5. The molecule has 0 saturated heterocycles. The minimum absolute atomic E-state index is 0.452. The number of nitrogens with zero attached hydrogens (tertiary/aromatic N) is 2. The molecule has 1 heterocycles. The molecule has 0 aliphatic carbocycles. The van der Waals surface area contributed by atoms with Crippen molar-refractivity contribution in [1.82, 2.24) is 9.97 Å². The zero-order valence-electron chi connectivity index (χ0n) is 13.3. The van der Waals surface area contributed by atoms with Gasteiger partial charge in [0, 0.05) is 11.3 Å². The Morgan fingerprint density at radius 3 is 2.39 bits per heavy atom. The zero-order valence-corrected chi connectivity index (χ0v) is 13.3. The van der Waals surface area contributed by atoms with Crippen LogP contribution in [0.5, 0.6) is 0 Å². The fourth-order valence-corrected chi connectivity index (χ4v) is 2.37. The Kier molecular flexibility index (Phi) is 4.52. The quantitative estimate of drug-likeness (QED) is 0.563. The van der Waals surface area contributed by atoms with E-state index >= 15 is 0 Å². The molecule has 0 spiro atoms. The van der Waals surface area contributed by atoms with Gasteiger partial charge in [-0.1, -0.05) is 65.8 Å². The van der Waals surface area contributed by atoms with E-state index in [-0.39, 0.29) is 0 Å². The lowest BCUT2D eigenvalue weighted by Crippen LogP contribution is -1.99. The molecule has 0 bridgehead atoms. The molecule has 0 aliphatic rings. The van der Waals surface area contributed by atoms with E-state index < -0.39 is 0 Å². The highest BCUT2D eigenvalue weighted by Crippen LogP contribution is 2.18. The molecule has 0 aliphatic heterocycles. The van der Waals surface area contributed by atoms with Gasteiger partial charge in [-0.15, -0.1) is 0 Å². The molecule has 2 aromatic carbocycles. The van der Waals surface area contributed by atoms with E-state index in [1.807, 2.05) is 74.5 Å². The number of aromatic nitrogens is 2. The van der Waals surface area contributed by atoms with Crippen LogP contribution < -0.4 is 0 Å². The monoisotopic (exact) mass is 305 g/mol. The van der Waals surface area contributed by atoms with Gasteiger partial charge in [-0.05, 0) is 19.4 Å². The van der Waals surface area contributed by atoms with Crippen LogP contribution in [0.25, 0.3) is 11.4 Å². The normalized spacial score (nSPS) is 11.5. The molecular weight excluding hydrogens is 286 g/mol. The van der Waals surface area contributed by atoms with Gasteiger partial charge >= 0.3 is 0 Å². The molecule has 0 amide bonds. The van der Waals surface area contributed by atoms with E-state index in [1.54, 1.807) is 0 Å². The second-order valence-electron chi connectivity index (χ2n) is 5.36. The number of aryl methyl sites for hydroxylation is 1. The number of nitrogens with one attached hydrogen (secondary N) is 1. The molecule has 0 saturated carbocycles. The number of imidazole rings is 1. The van der Waals surface area contributed by atoms with E-state index in [0.29, 0.717) is 6.61 Å². The maximum absolute atomic E-state index is 5.44. The first-order valence-corrected chi connectivity index (χ1v) is 7.57. The summed E-state index contributed by atoms with van der Waals surface area (Å²) in [6, 6.07) is 20.0. The molecule has 1 N–H and O–H groups in total. The van der Waals surface area contributed by atoms with Gasteiger partial charge in [0.05, 0.1) is 0 Å². The zero-order chi connectivity index (χ0) is 16.1. The van der Waals surface area contributed by atoms with Crippen LogP contribution >= 0.6 is 0 Å². The van der Waals surface area contributed by atoms with E-state index in [0.717, 1.165) is 34.1 Å². The minimum atomic E-state index is 0.452. The first-order valence-electron chi connectivity index (χ1n) is 7.57. The van der Waals surface area contributed by atoms with Crippen molar-refractivity contribution in [1.29, 1.82) is 0 Å². The molecule has 23 heavy (non-hydrogen) atoms. The molecule has 0 radical (unpaired) electrons. The number of benzene rings is 2. The number of oxime groups is 1. The first-order chi connectivity index (χ1) is 11.2. The summed E-state index contributed by atoms with van der Waals surface area (Å²) in [6.07, 6.45) is 0. The van der Waals surface area contributed by atoms with Gasteiger partial charge in [0.2, 0.25) is 0 Å². The lowest BCUT2D eigenvalue weighted by Gasteiger charge is -2.01. The van der Waals surface area contributed by atoms with Gasteiger partial charge in [0.25, 0.3) is 0 Å². The second-order valence-corrected chi connectivity index (χ2v) is 5.36. The fourth-order valence-electron chi connectivity index (χ4n) is 2.37. The van der Waals surface area contributed by atoms with Crippen molar-refractivity contribution in [3.8, 4) is 11.4 Å². The number of aromatic amines is 1. The number of hydrogen-bond acceptors (Lipinski definition) is 3. The molecule has 0 atom stereocenters. The Morgan fingerprint density at radius 2 is 1.70 bits per heavy atom. The summed E-state index contributed by atoms with van der Waals surface area (Å²) in [4.78, 5) is 13.4. The van der Waals surface area contributed by atoms with Crippen molar-refractivity contribution in [3.05, 3.63) is 77.6 Å². The van der Waals surface area contributed by atoms with Crippen molar-refractivity contribution in [2.75, 3.05) is 0 Å². The third kappa shape index (κ3) is 3.66. The number of H-pyrrole nitrogens is 1. The van der Waals surface area contributed by atoms with E-state index in [1.165, 1.54) is 0 Å². The van der Waals surface area contributed by atoms with Gasteiger partial charge in [-0.25, -0.2) is 4.98 Å². The predicted molar refractivity (Wildman–Crippen MR) is 92.2 cm³/mol. The van der Waals surface area contributed by atoms with Gasteiger partial charge in [-0.3, -0.25) is 0 Å². The first kappa shape index (κ1) is 15.0. The Labute approximate surface area is 135 Å². The lowest BCUT2D eigenvalue weighted by atomic mass is 10.2. The van der Waals surface area contributed by atoms with Crippen LogP contribution in [0.1, 0.15) is 23.9 Å². The van der Waals surface area contributed by atoms with Crippen LogP contribution in [0.3, 0.4) is 0 Å². The highest BCUT2D eigenvalue weighted by Gasteiger charge is 2.11. The molecule has 0 unspecified atom stereocenters. The van der Waals surface area contributed by atoms with Crippen molar-refractivity contribution >= 4 is 5.71 Å².